The highest BCUT2D eigenvalue weighted by atomic mass is 32.2. The van der Waals surface area contributed by atoms with E-state index in [2.05, 4.69) is 25.7 Å². The zero-order chi connectivity index (χ0) is 23.4. The van der Waals surface area contributed by atoms with Crippen LogP contribution in [0, 0.1) is 5.41 Å². The third-order valence-electron chi connectivity index (χ3n) is 5.84. The van der Waals surface area contributed by atoms with E-state index in [9.17, 15) is 13.2 Å². The Balaban J connectivity index is 1.71. The summed E-state index contributed by atoms with van der Waals surface area (Å²) in [7, 11) is -3.77. The summed E-state index contributed by atoms with van der Waals surface area (Å²) in [6.07, 6.45) is 1.12. The normalized spacial score (nSPS) is 15.6. The standard InChI is InChI=1S/C25H35N3O3S/c1-5-28(22-11-7-6-8-12-22)32(30,31)23-13-9-10-21(20-23)24(29)27-18-16-26(17-19-27)15-14-25(2,3)4/h6-13,20H,5,14-19H2,1-4H3. The van der Waals surface area contributed by atoms with Crippen molar-refractivity contribution in [3.8, 4) is 0 Å². The van der Waals surface area contributed by atoms with Gasteiger partial charge in [-0.2, -0.15) is 0 Å². The first-order valence-corrected chi connectivity index (χ1v) is 12.8. The van der Waals surface area contributed by atoms with E-state index < -0.39 is 10.0 Å². The van der Waals surface area contributed by atoms with Gasteiger partial charge in [-0.05, 0) is 55.6 Å². The number of hydrogen-bond acceptors (Lipinski definition) is 4. The van der Waals surface area contributed by atoms with E-state index in [1.165, 1.54) is 10.4 Å². The molecule has 0 atom stereocenters. The number of carbonyl (C=O) groups is 1. The van der Waals surface area contributed by atoms with Crippen LogP contribution in [0.25, 0.3) is 0 Å². The molecule has 7 heteroatoms. The molecule has 0 unspecified atom stereocenters. The van der Waals surface area contributed by atoms with Crippen LogP contribution in [0.1, 0.15) is 44.5 Å². The lowest BCUT2D eigenvalue weighted by Crippen LogP contribution is -2.49. The molecule has 0 N–H and O–H groups in total. The van der Waals surface area contributed by atoms with Crippen molar-refractivity contribution in [1.82, 2.24) is 9.80 Å². The average molecular weight is 458 g/mol. The molecular formula is C25H35N3O3S. The molecule has 3 rings (SSSR count). The Hall–Kier alpha value is -2.38. The Labute approximate surface area is 192 Å². The second kappa shape index (κ2) is 10.0. The molecule has 6 nitrogen and oxygen atoms in total. The minimum absolute atomic E-state index is 0.111. The molecule has 1 aliphatic rings. The van der Waals surface area contributed by atoms with E-state index in [0.29, 0.717) is 36.3 Å². The maximum absolute atomic E-state index is 13.3. The van der Waals surface area contributed by atoms with E-state index in [4.69, 9.17) is 0 Å². The fourth-order valence-electron chi connectivity index (χ4n) is 3.85. The summed E-state index contributed by atoms with van der Waals surface area (Å²) in [5, 5.41) is 0. The van der Waals surface area contributed by atoms with Crippen molar-refractivity contribution in [2.24, 2.45) is 5.41 Å². The number of sulfonamides is 1. The maximum Gasteiger partial charge on any atom is 0.264 e. The molecule has 0 aliphatic carbocycles. The Morgan fingerprint density at radius 2 is 1.62 bits per heavy atom. The monoisotopic (exact) mass is 457 g/mol. The summed E-state index contributed by atoms with van der Waals surface area (Å²) < 4.78 is 28.0. The zero-order valence-electron chi connectivity index (χ0n) is 19.6. The second-order valence-electron chi connectivity index (χ2n) is 9.48. The van der Waals surface area contributed by atoms with Gasteiger partial charge >= 0.3 is 0 Å². The Morgan fingerprint density at radius 1 is 0.969 bits per heavy atom. The number of carbonyl (C=O) groups excluding carboxylic acids is 1. The zero-order valence-corrected chi connectivity index (χ0v) is 20.4. The van der Waals surface area contributed by atoms with Crippen LogP contribution >= 0.6 is 0 Å². The lowest BCUT2D eigenvalue weighted by Gasteiger charge is -2.36. The molecule has 1 amide bonds. The van der Waals surface area contributed by atoms with Crippen molar-refractivity contribution in [3.05, 3.63) is 60.2 Å². The number of rotatable bonds is 7. The number of para-hydroxylation sites is 1. The first kappa shape index (κ1) is 24.3. The highest BCUT2D eigenvalue weighted by molar-refractivity contribution is 7.92. The number of anilines is 1. The highest BCUT2D eigenvalue weighted by Gasteiger charge is 2.27. The number of piperazine rings is 1. The molecule has 2 aromatic carbocycles. The van der Waals surface area contributed by atoms with Gasteiger partial charge in [0.15, 0.2) is 0 Å². The van der Waals surface area contributed by atoms with Gasteiger partial charge < -0.3 is 4.90 Å². The van der Waals surface area contributed by atoms with Gasteiger partial charge in [-0.25, -0.2) is 8.42 Å². The number of amides is 1. The van der Waals surface area contributed by atoms with Crippen molar-refractivity contribution >= 4 is 21.6 Å². The van der Waals surface area contributed by atoms with E-state index in [1.807, 2.05) is 23.1 Å². The molecule has 0 bridgehead atoms. The lowest BCUT2D eigenvalue weighted by molar-refractivity contribution is 0.0623. The third kappa shape index (κ3) is 5.90. The molecule has 0 saturated carbocycles. The second-order valence-corrected chi connectivity index (χ2v) is 11.3. The molecule has 2 aromatic rings. The molecule has 1 fully saturated rings. The maximum atomic E-state index is 13.3. The lowest BCUT2D eigenvalue weighted by atomic mass is 9.92. The molecular weight excluding hydrogens is 422 g/mol. The largest absolute Gasteiger partial charge is 0.336 e. The van der Waals surface area contributed by atoms with Gasteiger partial charge in [0.2, 0.25) is 0 Å². The van der Waals surface area contributed by atoms with Crippen LogP contribution in [-0.4, -0.2) is 63.4 Å². The summed E-state index contributed by atoms with van der Waals surface area (Å²) in [6, 6.07) is 15.4. The quantitative estimate of drug-likeness (QED) is 0.628. The molecule has 1 aliphatic heterocycles. The van der Waals surface area contributed by atoms with Gasteiger partial charge in [0, 0.05) is 38.3 Å². The molecule has 0 aromatic heterocycles. The predicted octanol–water partition coefficient (Wildman–Crippen LogP) is 4.10. The van der Waals surface area contributed by atoms with Crippen LogP contribution < -0.4 is 4.31 Å². The van der Waals surface area contributed by atoms with Crippen molar-refractivity contribution in [2.75, 3.05) is 43.6 Å². The minimum atomic E-state index is -3.77. The van der Waals surface area contributed by atoms with Crippen LogP contribution in [-0.2, 0) is 10.0 Å². The highest BCUT2D eigenvalue weighted by Crippen LogP contribution is 2.24. The summed E-state index contributed by atoms with van der Waals surface area (Å²) in [6.45, 7) is 12.9. The first-order valence-electron chi connectivity index (χ1n) is 11.3. The molecule has 174 valence electrons. The average Bonchev–Trinajstić information content (AvgIpc) is 2.78. The first-order chi connectivity index (χ1) is 15.1. The molecule has 32 heavy (non-hydrogen) atoms. The van der Waals surface area contributed by atoms with E-state index in [-0.39, 0.29) is 10.8 Å². The van der Waals surface area contributed by atoms with Crippen LogP contribution in [0.4, 0.5) is 5.69 Å². The fraction of sp³-hybridized carbons (Fsp3) is 0.480. The predicted molar refractivity (Wildman–Crippen MR) is 130 cm³/mol. The smallest absolute Gasteiger partial charge is 0.264 e. The summed E-state index contributed by atoms with van der Waals surface area (Å²) in [4.78, 5) is 17.5. The number of benzene rings is 2. The number of nitrogens with zero attached hydrogens (tertiary/aromatic N) is 3. The Bertz CT molecular complexity index is 1010. The third-order valence-corrected chi connectivity index (χ3v) is 7.74. The van der Waals surface area contributed by atoms with Crippen molar-refractivity contribution in [3.63, 3.8) is 0 Å². The van der Waals surface area contributed by atoms with Crippen molar-refractivity contribution in [2.45, 2.75) is 39.0 Å². The van der Waals surface area contributed by atoms with E-state index >= 15 is 0 Å². The van der Waals surface area contributed by atoms with Gasteiger partial charge in [-0.1, -0.05) is 45.0 Å². The SMILES string of the molecule is CCN(c1ccccc1)S(=O)(=O)c1cccc(C(=O)N2CCN(CCC(C)(C)C)CC2)c1. The van der Waals surface area contributed by atoms with Crippen LogP contribution in [0.15, 0.2) is 59.5 Å². The Kier molecular flexibility index (Phi) is 7.62. The van der Waals surface area contributed by atoms with Crippen LogP contribution in [0.3, 0.4) is 0 Å². The topological polar surface area (TPSA) is 60.9 Å². The summed E-state index contributed by atoms with van der Waals surface area (Å²) in [5.74, 6) is -0.111. The van der Waals surface area contributed by atoms with Crippen LogP contribution in [0.5, 0.6) is 0 Å². The van der Waals surface area contributed by atoms with Gasteiger partial charge in [-0.3, -0.25) is 14.0 Å². The summed E-state index contributed by atoms with van der Waals surface area (Å²) in [5.41, 5.74) is 1.32. The van der Waals surface area contributed by atoms with Crippen molar-refractivity contribution in [1.29, 1.82) is 0 Å². The Morgan fingerprint density at radius 3 is 2.22 bits per heavy atom. The van der Waals surface area contributed by atoms with E-state index in [1.54, 1.807) is 37.3 Å². The van der Waals surface area contributed by atoms with Gasteiger partial charge in [0.1, 0.15) is 0 Å². The van der Waals surface area contributed by atoms with Crippen molar-refractivity contribution < 1.29 is 13.2 Å². The van der Waals surface area contributed by atoms with Gasteiger partial charge in [0.05, 0.1) is 10.6 Å². The van der Waals surface area contributed by atoms with Gasteiger partial charge in [0.25, 0.3) is 15.9 Å². The molecule has 0 spiro atoms. The summed E-state index contributed by atoms with van der Waals surface area (Å²) >= 11 is 0. The minimum Gasteiger partial charge on any atom is -0.336 e. The van der Waals surface area contributed by atoms with Gasteiger partial charge in [-0.15, -0.1) is 0 Å². The van der Waals surface area contributed by atoms with E-state index in [0.717, 1.165) is 26.1 Å². The molecule has 0 radical (unpaired) electrons. The van der Waals surface area contributed by atoms with Crippen LogP contribution in [0.2, 0.25) is 0 Å². The molecule has 1 heterocycles. The number of hydrogen-bond donors (Lipinski definition) is 0. The fourth-order valence-corrected chi connectivity index (χ4v) is 5.37. The molecule has 1 saturated heterocycles.